The topological polar surface area (TPSA) is 42.0 Å². The number of ether oxygens (including phenoxy) is 1. The maximum atomic E-state index is 9.89. The van der Waals surface area contributed by atoms with Crippen molar-refractivity contribution in [2.24, 2.45) is 5.92 Å². The summed E-state index contributed by atoms with van der Waals surface area (Å²) in [6.07, 6.45) is 1.01. The molecule has 4 heteroatoms. The minimum Gasteiger partial charge on any atom is -0.411 e. The van der Waals surface area contributed by atoms with Crippen molar-refractivity contribution >= 4 is 8.32 Å². The minimum absolute atomic E-state index is 0.0357. The summed E-state index contributed by atoms with van der Waals surface area (Å²) < 4.78 is 12.0. The second-order valence-corrected chi connectivity index (χ2v) is 11.9. The lowest BCUT2D eigenvalue weighted by Crippen LogP contribution is -2.48. The zero-order valence-electron chi connectivity index (χ0n) is 11.9. The molecule has 0 radical (unpaired) electrons. The van der Waals surface area contributed by atoms with Crippen LogP contribution in [0.2, 0.25) is 18.1 Å². The fourth-order valence-electron chi connectivity index (χ4n) is 2.34. The standard InChI is InChI=1S/C13H26O3Si/c1-8-7-9(11-12(15-11)10(8)14)16-17(5,6)13(2,3)4/h8-12,14H,7H2,1-6H3/t8-,9+,10?,11-,12+/m0/s1. The molecule has 1 saturated heterocycles. The van der Waals surface area contributed by atoms with Crippen LogP contribution in [-0.2, 0) is 9.16 Å². The number of aliphatic hydroxyl groups excluding tert-OH is 1. The fourth-order valence-corrected chi connectivity index (χ4v) is 3.69. The van der Waals surface area contributed by atoms with E-state index in [2.05, 4.69) is 40.8 Å². The van der Waals surface area contributed by atoms with Crippen LogP contribution < -0.4 is 0 Å². The Morgan fingerprint density at radius 1 is 1.24 bits per heavy atom. The molecule has 1 unspecified atom stereocenters. The predicted octanol–water partition coefficient (Wildman–Crippen LogP) is 2.54. The Labute approximate surface area is 106 Å². The van der Waals surface area contributed by atoms with E-state index in [0.717, 1.165) is 6.42 Å². The smallest absolute Gasteiger partial charge is 0.192 e. The summed E-state index contributed by atoms with van der Waals surface area (Å²) in [4.78, 5) is 0. The summed E-state index contributed by atoms with van der Waals surface area (Å²) >= 11 is 0. The Bertz CT molecular complexity index is 296. The second kappa shape index (κ2) is 4.05. The lowest BCUT2D eigenvalue weighted by atomic mass is 9.86. The van der Waals surface area contributed by atoms with E-state index in [1.165, 1.54) is 0 Å². The van der Waals surface area contributed by atoms with Crippen molar-refractivity contribution in [2.75, 3.05) is 0 Å². The van der Waals surface area contributed by atoms with E-state index in [0.29, 0.717) is 0 Å². The molecule has 0 aromatic heterocycles. The quantitative estimate of drug-likeness (QED) is 0.611. The summed E-state index contributed by atoms with van der Waals surface area (Å²) in [5, 5.41) is 10.1. The van der Waals surface area contributed by atoms with Crippen molar-refractivity contribution in [1.82, 2.24) is 0 Å². The highest BCUT2D eigenvalue weighted by Crippen LogP contribution is 2.45. The molecule has 2 fully saturated rings. The Morgan fingerprint density at radius 2 is 1.82 bits per heavy atom. The number of fused-ring (bicyclic) bond motifs is 1. The van der Waals surface area contributed by atoms with Crippen LogP contribution >= 0.6 is 0 Å². The number of aliphatic hydroxyl groups is 1. The van der Waals surface area contributed by atoms with Crippen LogP contribution in [0.15, 0.2) is 0 Å². The van der Waals surface area contributed by atoms with Gasteiger partial charge in [-0.3, -0.25) is 0 Å². The van der Waals surface area contributed by atoms with Crippen LogP contribution in [0.5, 0.6) is 0 Å². The number of epoxide rings is 1. The van der Waals surface area contributed by atoms with E-state index in [1.807, 2.05) is 0 Å². The monoisotopic (exact) mass is 258 g/mol. The first-order chi connectivity index (χ1) is 7.63. The summed E-state index contributed by atoms with van der Waals surface area (Å²) in [5.41, 5.74) is 0. The van der Waals surface area contributed by atoms with Gasteiger partial charge in [0, 0.05) is 0 Å². The molecule has 0 amide bonds. The molecule has 1 heterocycles. The van der Waals surface area contributed by atoms with Crippen molar-refractivity contribution < 1.29 is 14.3 Å². The first-order valence-electron chi connectivity index (χ1n) is 6.65. The maximum absolute atomic E-state index is 9.89. The lowest BCUT2D eigenvalue weighted by Gasteiger charge is -2.40. The lowest BCUT2D eigenvalue weighted by molar-refractivity contribution is 0.0421. The highest BCUT2D eigenvalue weighted by atomic mass is 28.4. The molecule has 100 valence electrons. The van der Waals surface area contributed by atoms with Crippen LogP contribution in [0.25, 0.3) is 0 Å². The molecule has 0 bridgehead atoms. The summed E-state index contributed by atoms with van der Waals surface area (Å²) in [5.74, 6) is 0.286. The molecular weight excluding hydrogens is 232 g/mol. The molecule has 2 aliphatic rings. The highest BCUT2D eigenvalue weighted by Gasteiger charge is 2.57. The molecule has 5 atom stereocenters. The van der Waals surface area contributed by atoms with Crippen LogP contribution in [0.4, 0.5) is 0 Å². The van der Waals surface area contributed by atoms with Gasteiger partial charge in [0.05, 0.1) is 12.2 Å². The van der Waals surface area contributed by atoms with Gasteiger partial charge in [-0.1, -0.05) is 27.7 Å². The van der Waals surface area contributed by atoms with Gasteiger partial charge in [0.2, 0.25) is 0 Å². The van der Waals surface area contributed by atoms with E-state index in [1.54, 1.807) is 0 Å². The third-order valence-electron chi connectivity index (χ3n) is 4.70. The molecule has 3 nitrogen and oxygen atoms in total. The van der Waals surface area contributed by atoms with Gasteiger partial charge in [-0.05, 0) is 30.5 Å². The van der Waals surface area contributed by atoms with Gasteiger partial charge in [0.25, 0.3) is 0 Å². The molecule has 1 aliphatic carbocycles. The van der Waals surface area contributed by atoms with Crippen molar-refractivity contribution in [3.8, 4) is 0 Å². The fraction of sp³-hybridized carbons (Fsp3) is 1.00. The minimum atomic E-state index is -1.72. The molecule has 0 spiro atoms. The van der Waals surface area contributed by atoms with Gasteiger partial charge < -0.3 is 14.3 Å². The van der Waals surface area contributed by atoms with E-state index in [9.17, 15) is 5.11 Å². The number of rotatable bonds is 2. The molecule has 1 saturated carbocycles. The van der Waals surface area contributed by atoms with Gasteiger partial charge in [-0.25, -0.2) is 0 Å². The van der Waals surface area contributed by atoms with Gasteiger partial charge in [-0.2, -0.15) is 0 Å². The SMILES string of the molecule is C[C@H]1C[C@@H](O[Si](C)(C)C(C)(C)C)[C@@H]2O[C@@H]2C1O. The maximum Gasteiger partial charge on any atom is 0.192 e. The molecule has 0 aromatic rings. The van der Waals surface area contributed by atoms with Gasteiger partial charge in [0.15, 0.2) is 8.32 Å². The Kier molecular flexibility index (Phi) is 3.22. The summed E-state index contributed by atoms with van der Waals surface area (Å²) in [7, 11) is -1.72. The third kappa shape index (κ3) is 2.45. The van der Waals surface area contributed by atoms with Gasteiger partial charge in [-0.15, -0.1) is 0 Å². The zero-order chi connectivity index (χ0) is 13.0. The first kappa shape index (κ1) is 13.5. The number of hydrogen-bond donors (Lipinski definition) is 1. The average Bonchev–Trinajstić information content (AvgIpc) is 2.91. The Hall–Kier alpha value is 0.0969. The van der Waals surface area contributed by atoms with E-state index < -0.39 is 8.32 Å². The molecular formula is C13H26O3Si. The predicted molar refractivity (Wildman–Crippen MR) is 70.5 cm³/mol. The molecule has 1 aliphatic heterocycles. The summed E-state index contributed by atoms with van der Waals surface area (Å²) in [6.45, 7) is 13.4. The van der Waals surface area contributed by atoms with Gasteiger partial charge >= 0.3 is 0 Å². The van der Waals surface area contributed by atoms with E-state index in [-0.39, 0.29) is 35.4 Å². The van der Waals surface area contributed by atoms with Crippen LogP contribution in [0, 0.1) is 5.92 Å². The van der Waals surface area contributed by atoms with Gasteiger partial charge in [0.1, 0.15) is 12.2 Å². The first-order valence-corrected chi connectivity index (χ1v) is 9.55. The molecule has 1 N–H and O–H groups in total. The molecule has 0 aromatic carbocycles. The Morgan fingerprint density at radius 3 is 2.35 bits per heavy atom. The van der Waals surface area contributed by atoms with Crippen molar-refractivity contribution in [2.45, 2.75) is 76.7 Å². The second-order valence-electron chi connectivity index (χ2n) is 7.19. The normalized spacial score (nSPS) is 42.2. The zero-order valence-corrected chi connectivity index (χ0v) is 12.9. The summed E-state index contributed by atoms with van der Waals surface area (Å²) in [6, 6.07) is 0. The largest absolute Gasteiger partial charge is 0.411 e. The third-order valence-corrected chi connectivity index (χ3v) is 9.21. The van der Waals surface area contributed by atoms with Crippen LogP contribution in [-0.4, -0.2) is 37.8 Å². The van der Waals surface area contributed by atoms with Crippen molar-refractivity contribution in [3.05, 3.63) is 0 Å². The molecule has 17 heavy (non-hydrogen) atoms. The van der Waals surface area contributed by atoms with Crippen LogP contribution in [0.3, 0.4) is 0 Å². The molecule has 2 rings (SSSR count). The van der Waals surface area contributed by atoms with Crippen molar-refractivity contribution in [3.63, 3.8) is 0 Å². The van der Waals surface area contributed by atoms with Crippen LogP contribution in [0.1, 0.15) is 34.1 Å². The average molecular weight is 258 g/mol. The van der Waals surface area contributed by atoms with Crippen molar-refractivity contribution in [1.29, 1.82) is 0 Å². The number of hydrogen-bond acceptors (Lipinski definition) is 3. The van der Waals surface area contributed by atoms with E-state index >= 15 is 0 Å². The van der Waals surface area contributed by atoms with E-state index in [4.69, 9.17) is 9.16 Å². The Balaban J connectivity index is 2.01. The highest BCUT2D eigenvalue weighted by molar-refractivity contribution is 6.74.